The van der Waals surface area contributed by atoms with E-state index in [2.05, 4.69) is 15.6 Å². The third-order valence-corrected chi connectivity index (χ3v) is 14.9. The molecule has 4 aliphatic heterocycles. The number of fused-ring (bicyclic) bond motifs is 3. The van der Waals surface area contributed by atoms with Gasteiger partial charge in [0.25, 0.3) is 0 Å². The Bertz CT molecular complexity index is 2000. The number of ketones is 1. The number of pyridine rings is 1. The Kier molecular flexibility index (Phi) is 17.2. The standard InChI is InChI=1S/C50H78N4O13/c1-14-37-50(10)42(56)29(4)40(67-50)27(2)24-48(8,59)43(65-46-39(55)36(54(11)12)23-28(3)61-46)30(5)41(31(6)45(57)63-37)64-38-25-49(9,60-13)44(32(7)62-38)66-47(58)53-22-21-51-26-33-19-20-52-35-18-16-15-17-34(33)35/h15-20,27-32,36-41,43-44,46,51,55,59H,14,21-26H2,1-13H3,(H,53,58)/t27-,28-,29+,30+,31-,32+,36+,37-,38+,39-,40-,41+,43-,44?,46+,48+,49-,50-/m1/s1. The minimum Gasteiger partial charge on any atom is -0.459 e. The molecular weight excluding hydrogens is 865 g/mol. The van der Waals surface area contributed by atoms with Crippen molar-refractivity contribution in [2.24, 2.45) is 23.7 Å². The molecule has 18 atom stereocenters. The number of hydrogen-bond acceptors (Lipinski definition) is 16. The van der Waals surface area contributed by atoms with Crippen LogP contribution >= 0.6 is 0 Å². The number of esters is 1. The fourth-order valence-corrected chi connectivity index (χ4v) is 11.2. The van der Waals surface area contributed by atoms with Gasteiger partial charge in [-0.05, 0) is 98.5 Å². The Hall–Kier alpha value is -3.36. The van der Waals surface area contributed by atoms with Crippen LogP contribution in [0.15, 0.2) is 36.5 Å². The van der Waals surface area contributed by atoms with Crippen LogP contribution in [-0.4, -0.2) is 156 Å². The minimum absolute atomic E-state index is 0.0845. The molecule has 1 amide bonds. The van der Waals surface area contributed by atoms with E-state index in [9.17, 15) is 24.6 Å². The van der Waals surface area contributed by atoms with Gasteiger partial charge in [0, 0.05) is 62.6 Å². The van der Waals surface area contributed by atoms with E-state index in [1.54, 1.807) is 33.9 Å². The van der Waals surface area contributed by atoms with Gasteiger partial charge in [-0.1, -0.05) is 45.9 Å². The molecule has 2 bridgehead atoms. The van der Waals surface area contributed by atoms with Crippen molar-refractivity contribution in [3.8, 4) is 0 Å². The number of carbonyl (C=O) groups excluding carboxylic acids is 3. The predicted octanol–water partition coefficient (Wildman–Crippen LogP) is 4.90. The molecule has 1 unspecified atom stereocenters. The molecule has 4 N–H and O–H groups in total. The summed E-state index contributed by atoms with van der Waals surface area (Å²) in [5.74, 6) is -3.51. The number of para-hydroxylation sites is 1. The van der Waals surface area contributed by atoms with Gasteiger partial charge < -0.3 is 63.6 Å². The van der Waals surface area contributed by atoms with Crippen molar-refractivity contribution < 1.29 is 62.5 Å². The largest absolute Gasteiger partial charge is 0.459 e. The number of aromatic nitrogens is 1. The average Bonchev–Trinajstić information content (AvgIpc) is 3.52. The molecular formula is C50H78N4O13. The van der Waals surface area contributed by atoms with E-state index in [4.69, 9.17) is 37.9 Å². The van der Waals surface area contributed by atoms with Crippen molar-refractivity contribution >= 4 is 28.7 Å². The molecule has 0 spiro atoms. The number of aliphatic hydroxyl groups excluding tert-OH is 1. The number of methoxy groups -OCH3 is 1. The lowest BCUT2D eigenvalue weighted by molar-refractivity contribution is -0.317. The fourth-order valence-electron chi connectivity index (χ4n) is 11.2. The summed E-state index contributed by atoms with van der Waals surface area (Å²) in [4.78, 5) is 48.2. The van der Waals surface area contributed by atoms with E-state index in [1.807, 2.05) is 90.9 Å². The van der Waals surface area contributed by atoms with Gasteiger partial charge in [-0.25, -0.2) is 4.79 Å². The third-order valence-electron chi connectivity index (χ3n) is 14.9. The first kappa shape index (κ1) is 53.0. The highest BCUT2D eigenvalue weighted by atomic mass is 16.7. The van der Waals surface area contributed by atoms with E-state index in [0.29, 0.717) is 32.5 Å². The molecule has 17 heteroatoms. The average molecular weight is 943 g/mol. The van der Waals surface area contributed by atoms with Gasteiger partial charge >= 0.3 is 12.1 Å². The molecule has 1 aromatic carbocycles. The van der Waals surface area contributed by atoms with Crippen LogP contribution in [0.5, 0.6) is 0 Å². The summed E-state index contributed by atoms with van der Waals surface area (Å²) < 4.78 is 51.4. The summed E-state index contributed by atoms with van der Waals surface area (Å²) in [6.07, 6.45) is -6.55. The Morgan fingerprint density at radius 1 is 0.955 bits per heavy atom. The molecule has 4 aliphatic rings. The molecule has 0 aliphatic carbocycles. The first-order chi connectivity index (χ1) is 31.5. The summed E-state index contributed by atoms with van der Waals surface area (Å²) in [7, 11) is 5.29. The molecule has 17 nitrogen and oxygen atoms in total. The van der Waals surface area contributed by atoms with E-state index < -0.39 is 102 Å². The maximum absolute atomic E-state index is 14.5. The van der Waals surface area contributed by atoms with Crippen LogP contribution in [0.2, 0.25) is 0 Å². The zero-order valence-corrected chi connectivity index (χ0v) is 41.9. The van der Waals surface area contributed by atoms with Gasteiger partial charge in [0.15, 0.2) is 30.1 Å². The summed E-state index contributed by atoms with van der Waals surface area (Å²) >= 11 is 0. The topological polar surface area (TPSA) is 206 Å². The van der Waals surface area contributed by atoms with Gasteiger partial charge in [0.05, 0.1) is 47.6 Å². The zero-order chi connectivity index (χ0) is 49.2. The van der Waals surface area contributed by atoms with Crippen molar-refractivity contribution in [2.45, 2.75) is 186 Å². The smallest absolute Gasteiger partial charge is 0.407 e. The summed E-state index contributed by atoms with van der Waals surface area (Å²) in [5, 5.41) is 31.7. The van der Waals surface area contributed by atoms with Crippen LogP contribution in [0.25, 0.3) is 10.9 Å². The minimum atomic E-state index is -1.65. The Morgan fingerprint density at radius 3 is 2.36 bits per heavy atom. The normalized spacial score (nSPS) is 41.0. The molecule has 4 fully saturated rings. The van der Waals surface area contributed by atoms with Crippen molar-refractivity contribution in [2.75, 3.05) is 34.3 Å². The van der Waals surface area contributed by atoms with Crippen LogP contribution in [0.3, 0.4) is 0 Å². The number of Topliss-reactive ketones (excluding diaryl/α,β-unsaturated/α-hetero) is 1. The fraction of sp³-hybridized carbons (Fsp3) is 0.760. The van der Waals surface area contributed by atoms with E-state index in [1.165, 1.54) is 7.11 Å². The number of ether oxygens (including phenoxy) is 8. The first-order valence-electron chi connectivity index (χ1n) is 24.2. The number of amides is 1. The first-order valence-corrected chi connectivity index (χ1v) is 24.2. The molecule has 0 saturated carbocycles. The molecule has 376 valence electrons. The van der Waals surface area contributed by atoms with E-state index >= 15 is 0 Å². The van der Waals surface area contributed by atoms with Gasteiger partial charge in [0.2, 0.25) is 0 Å². The number of alkyl carbamates (subject to hydrolysis) is 1. The Balaban J connectivity index is 1.22. The lowest BCUT2D eigenvalue weighted by Crippen LogP contribution is -2.61. The number of likely N-dealkylation sites (N-methyl/N-ethyl adjacent to an activating group) is 1. The number of aliphatic hydroxyl groups is 2. The maximum atomic E-state index is 14.5. The van der Waals surface area contributed by atoms with Gasteiger partial charge in [0.1, 0.15) is 17.8 Å². The van der Waals surface area contributed by atoms with Crippen LogP contribution in [-0.2, 0) is 54.0 Å². The second-order valence-electron chi connectivity index (χ2n) is 20.5. The lowest BCUT2D eigenvalue weighted by Gasteiger charge is -2.49. The molecule has 5 heterocycles. The van der Waals surface area contributed by atoms with Crippen molar-refractivity contribution in [1.29, 1.82) is 0 Å². The number of hydrogen-bond donors (Lipinski definition) is 4. The van der Waals surface area contributed by atoms with Crippen molar-refractivity contribution in [3.63, 3.8) is 0 Å². The van der Waals surface area contributed by atoms with Gasteiger partial charge in [-0.2, -0.15) is 0 Å². The SMILES string of the molecule is CC[C@H]1OC(=O)[C@H](C)[C@@H](O[C@H]2C[C@@](C)(OC)C(OC(=O)NCCNCc3ccnc4ccccc34)[C@H](C)O2)[C@H](C)[C@@H](O[C@@H]2O[C@H](C)C[C@H](N(C)C)[C@H]2O)[C@@](C)(O)C[C@@H](C)[C@H]2O[C@@]1(C)C(=O)[C@H]2C. The van der Waals surface area contributed by atoms with E-state index in [0.717, 1.165) is 16.5 Å². The predicted molar refractivity (Wildman–Crippen MR) is 249 cm³/mol. The molecule has 2 aromatic rings. The third kappa shape index (κ3) is 11.5. The Labute approximate surface area is 396 Å². The molecule has 1 aromatic heterocycles. The quantitative estimate of drug-likeness (QED) is 0.156. The molecule has 67 heavy (non-hydrogen) atoms. The molecule has 4 saturated heterocycles. The monoisotopic (exact) mass is 943 g/mol. The highest BCUT2D eigenvalue weighted by Crippen LogP contribution is 2.45. The maximum Gasteiger partial charge on any atom is 0.407 e. The second kappa shape index (κ2) is 21.7. The van der Waals surface area contributed by atoms with Crippen molar-refractivity contribution in [3.05, 3.63) is 42.1 Å². The number of benzene rings is 1. The second-order valence-corrected chi connectivity index (χ2v) is 20.5. The summed E-state index contributed by atoms with van der Waals surface area (Å²) in [5.41, 5.74) is -2.17. The number of cyclic esters (lactones) is 1. The van der Waals surface area contributed by atoms with Gasteiger partial charge in [-0.15, -0.1) is 0 Å². The van der Waals surface area contributed by atoms with Gasteiger partial charge in [-0.3, -0.25) is 14.6 Å². The highest BCUT2D eigenvalue weighted by molar-refractivity contribution is 5.92. The number of nitrogens with zero attached hydrogens (tertiary/aromatic N) is 2. The Morgan fingerprint density at radius 2 is 1.67 bits per heavy atom. The summed E-state index contributed by atoms with van der Waals surface area (Å²) in [6.45, 7) is 19.3. The molecule has 0 radical (unpaired) electrons. The number of rotatable bonds is 13. The lowest BCUT2D eigenvalue weighted by atomic mass is 9.75. The van der Waals surface area contributed by atoms with Crippen LogP contribution in [0, 0.1) is 23.7 Å². The number of nitrogens with one attached hydrogen (secondary N) is 2. The van der Waals surface area contributed by atoms with Crippen LogP contribution in [0.4, 0.5) is 4.79 Å². The zero-order valence-electron chi connectivity index (χ0n) is 41.9. The van der Waals surface area contributed by atoms with Crippen LogP contribution < -0.4 is 10.6 Å². The van der Waals surface area contributed by atoms with E-state index in [-0.39, 0.29) is 36.7 Å². The highest BCUT2D eigenvalue weighted by Gasteiger charge is 2.59. The number of carbonyl (C=O) groups is 3. The van der Waals surface area contributed by atoms with Crippen LogP contribution in [0.1, 0.15) is 100 Å². The van der Waals surface area contributed by atoms with Crippen molar-refractivity contribution in [1.82, 2.24) is 20.5 Å². The summed E-state index contributed by atoms with van der Waals surface area (Å²) in [6, 6.07) is 9.60. The molecule has 6 rings (SSSR count).